The van der Waals surface area contributed by atoms with Gasteiger partial charge < -0.3 is 15.2 Å². The van der Waals surface area contributed by atoms with Crippen LogP contribution in [0, 0.1) is 0 Å². The van der Waals surface area contributed by atoms with Crippen LogP contribution < -0.4 is 10.6 Å². The number of carbonyl (C=O) groups excluding carboxylic acids is 2. The first-order chi connectivity index (χ1) is 16.2. The Balaban J connectivity index is 1.45. The molecule has 9 heteroatoms. The van der Waals surface area contributed by atoms with E-state index in [0.29, 0.717) is 0 Å². The zero-order valence-electron chi connectivity index (χ0n) is 19.2. The number of ether oxygens (including phenoxy) is 1. The summed E-state index contributed by atoms with van der Waals surface area (Å²) < 4.78 is 6.86. The highest BCUT2D eigenvalue weighted by Crippen LogP contribution is 2.44. The van der Waals surface area contributed by atoms with Gasteiger partial charge in [-0.3, -0.25) is 19.6 Å². The number of hydrogen-bond donors (Lipinski definition) is 3. The summed E-state index contributed by atoms with van der Waals surface area (Å²) in [5, 5.41) is 18.4. The minimum Gasteiger partial charge on any atom is -0.481 e. The van der Waals surface area contributed by atoms with E-state index in [1.165, 1.54) is 10.9 Å². The third kappa shape index (κ3) is 4.63. The Hall–Kier alpha value is -4.14. The Labute approximate surface area is 196 Å². The maximum Gasteiger partial charge on any atom is 0.411 e. The van der Waals surface area contributed by atoms with E-state index in [-0.39, 0.29) is 30.3 Å². The number of carbonyl (C=O) groups is 3. The number of rotatable bonds is 7. The van der Waals surface area contributed by atoms with Crippen molar-refractivity contribution in [3.63, 3.8) is 0 Å². The number of fused-ring (bicyclic) bond motifs is 3. The monoisotopic (exact) mass is 462 g/mol. The highest BCUT2D eigenvalue weighted by Gasteiger charge is 2.30. The number of aliphatic carboxylic acids is 1. The maximum atomic E-state index is 12.8. The topological polar surface area (TPSA) is 123 Å². The highest BCUT2D eigenvalue weighted by atomic mass is 16.5. The van der Waals surface area contributed by atoms with Crippen LogP contribution in [0.15, 0.2) is 54.7 Å². The Bertz CT molecular complexity index is 1220. The molecular weight excluding hydrogens is 436 g/mol. The number of amides is 2. The smallest absolute Gasteiger partial charge is 0.411 e. The van der Waals surface area contributed by atoms with Crippen molar-refractivity contribution in [2.24, 2.45) is 7.05 Å². The van der Waals surface area contributed by atoms with Crippen LogP contribution in [-0.4, -0.2) is 45.0 Å². The van der Waals surface area contributed by atoms with E-state index >= 15 is 0 Å². The SMILES string of the molecule is Cn1ncc(NC(=O)OCC2c3ccccc3-c3ccccc32)c1C(=O)NC(C)(C)CC(=O)O. The predicted molar refractivity (Wildman–Crippen MR) is 126 cm³/mol. The van der Waals surface area contributed by atoms with Crippen molar-refractivity contribution in [2.45, 2.75) is 31.7 Å². The van der Waals surface area contributed by atoms with Crippen molar-refractivity contribution in [3.05, 3.63) is 71.5 Å². The van der Waals surface area contributed by atoms with E-state index in [4.69, 9.17) is 9.84 Å². The van der Waals surface area contributed by atoms with Crippen LogP contribution in [0.1, 0.15) is 47.8 Å². The number of benzene rings is 2. The van der Waals surface area contributed by atoms with E-state index in [1.807, 2.05) is 36.4 Å². The van der Waals surface area contributed by atoms with Gasteiger partial charge in [0.05, 0.1) is 18.3 Å². The fourth-order valence-electron chi connectivity index (χ4n) is 4.33. The standard InChI is InChI=1S/C25H26N4O5/c1-25(2,12-21(30)31)28-23(32)22-20(13-26-29(22)3)27-24(33)34-14-19-17-10-6-4-8-15(17)16-9-5-7-11-18(16)19/h4-11,13,19H,12,14H2,1-3H3,(H,27,33)(H,28,32)(H,30,31). The van der Waals surface area contributed by atoms with Gasteiger partial charge in [0.2, 0.25) is 0 Å². The lowest BCUT2D eigenvalue weighted by Crippen LogP contribution is -2.45. The molecule has 176 valence electrons. The molecule has 0 unspecified atom stereocenters. The Morgan fingerprint density at radius 2 is 1.65 bits per heavy atom. The Kier molecular flexibility index (Phi) is 6.10. The Morgan fingerprint density at radius 1 is 1.06 bits per heavy atom. The highest BCUT2D eigenvalue weighted by molar-refractivity contribution is 6.01. The van der Waals surface area contributed by atoms with E-state index in [0.717, 1.165) is 22.3 Å². The molecule has 1 heterocycles. The summed E-state index contributed by atoms with van der Waals surface area (Å²) in [7, 11) is 1.56. The summed E-state index contributed by atoms with van der Waals surface area (Å²) in [5.41, 5.74) is 3.71. The number of aromatic nitrogens is 2. The van der Waals surface area contributed by atoms with Crippen molar-refractivity contribution in [1.29, 1.82) is 0 Å². The predicted octanol–water partition coefficient (Wildman–Crippen LogP) is 3.76. The number of aryl methyl sites for hydroxylation is 1. The largest absolute Gasteiger partial charge is 0.481 e. The average molecular weight is 463 g/mol. The van der Waals surface area contributed by atoms with Gasteiger partial charge in [0.1, 0.15) is 12.3 Å². The van der Waals surface area contributed by atoms with Crippen LogP contribution in [0.2, 0.25) is 0 Å². The Morgan fingerprint density at radius 3 is 2.24 bits per heavy atom. The van der Waals surface area contributed by atoms with Crippen LogP contribution >= 0.6 is 0 Å². The van der Waals surface area contributed by atoms with Crippen molar-refractivity contribution in [1.82, 2.24) is 15.1 Å². The number of nitrogens with zero attached hydrogens (tertiary/aromatic N) is 2. The van der Waals surface area contributed by atoms with Crippen LogP contribution in [-0.2, 0) is 16.6 Å². The van der Waals surface area contributed by atoms with Gasteiger partial charge >= 0.3 is 12.1 Å². The van der Waals surface area contributed by atoms with Crippen molar-refractivity contribution >= 4 is 23.7 Å². The van der Waals surface area contributed by atoms with E-state index < -0.39 is 23.5 Å². The molecule has 0 fully saturated rings. The number of nitrogens with one attached hydrogen (secondary N) is 2. The van der Waals surface area contributed by atoms with E-state index in [2.05, 4.69) is 27.9 Å². The van der Waals surface area contributed by atoms with Crippen molar-refractivity contribution in [2.75, 3.05) is 11.9 Å². The van der Waals surface area contributed by atoms with Gasteiger partial charge in [-0.25, -0.2) is 4.79 Å². The zero-order valence-corrected chi connectivity index (χ0v) is 19.2. The molecule has 2 aromatic carbocycles. The van der Waals surface area contributed by atoms with Gasteiger partial charge in [0.15, 0.2) is 0 Å². The fraction of sp³-hybridized carbons (Fsp3) is 0.280. The summed E-state index contributed by atoms with van der Waals surface area (Å²) in [6.07, 6.45) is 0.375. The minimum atomic E-state index is -1.03. The number of hydrogen-bond acceptors (Lipinski definition) is 5. The second kappa shape index (κ2) is 9.01. The quantitative estimate of drug-likeness (QED) is 0.491. The van der Waals surface area contributed by atoms with Gasteiger partial charge in [-0.15, -0.1) is 0 Å². The van der Waals surface area contributed by atoms with Crippen LogP contribution in [0.4, 0.5) is 10.5 Å². The minimum absolute atomic E-state index is 0.0898. The van der Waals surface area contributed by atoms with Gasteiger partial charge in [-0.05, 0) is 36.1 Å². The molecule has 0 radical (unpaired) electrons. The molecule has 1 aromatic heterocycles. The molecule has 1 aliphatic carbocycles. The summed E-state index contributed by atoms with van der Waals surface area (Å²) >= 11 is 0. The first-order valence-corrected chi connectivity index (χ1v) is 10.8. The number of carboxylic acids is 1. The second-order valence-corrected chi connectivity index (χ2v) is 8.89. The molecule has 1 aliphatic rings. The molecule has 0 aliphatic heterocycles. The summed E-state index contributed by atoms with van der Waals surface area (Å²) in [5.74, 6) is -1.68. The lowest BCUT2D eigenvalue weighted by atomic mass is 9.98. The third-order valence-electron chi connectivity index (χ3n) is 5.78. The molecule has 9 nitrogen and oxygen atoms in total. The first kappa shape index (κ1) is 23.0. The second-order valence-electron chi connectivity index (χ2n) is 8.89. The molecule has 4 rings (SSSR count). The molecule has 34 heavy (non-hydrogen) atoms. The van der Waals surface area contributed by atoms with Crippen molar-refractivity contribution in [3.8, 4) is 11.1 Å². The number of anilines is 1. The van der Waals surface area contributed by atoms with E-state index in [1.54, 1.807) is 20.9 Å². The molecule has 3 aromatic rings. The first-order valence-electron chi connectivity index (χ1n) is 10.8. The summed E-state index contributed by atoms with van der Waals surface area (Å²) in [4.78, 5) is 36.5. The van der Waals surface area contributed by atoms with Crippen LogP contribution in [0.5, 0.6) is 0 Å². The molecule has 0 bridgehead atoms. The third-order valence-corrected chi connectivity index (χ3v) is 5.78. The van der Waals surface area contributed by atoms with Gasteiger partial charge in [0.25, 0.3) is 5.91 Å². The van der Waals surface area contributed by atoms with Crippen LogP contribution in [0.3, 0.4) is 0 Å². The molecule has 0 saturated heterocycles. The van der Waals surface area contributed by atoms with Gasteiger partial charge in [-0.2, -0.15) is 5.10 Å². The zero-order chi connectivity index (χ0) is 24.5. The van der Waals surface area contributed by atoms with Gasteiger partial charge in [-0.1, -0.05) is 48.5 Å². The van der Waals surface area contributed by atoms with E-state index in [9.17, 15) is 14.4 Å². The normalized spacial score (nSPS) is 12.6. The molecule has 0 saturated carbocycles. The molecule has 0 spiro atoms. The lowest BCUT2D eigenvalue weighted by Gasteiger charge is -2.24. The maximum absolute atomic E-state index is 12.8. The van der Waals surface area contributed by atoms with Gasteiger partial charge in [0, 0.05) is 18.5 Å². The molecule has 3 N–H and O–H groups in total. The van der Waals surface area contributed by atoms with Crippen LogP contribution in [0.25, 0.3) is 11.1 Å². The summed E-state index contributed by atoms with van der Waals surface area (Å²) in [6.45, 7) is 3.34. The summed E-state index contributed by atoms with van der Waals surface area (Å²) in [6, 6.07) is 16.1. The fourth-order valence-corrected chi connectivity index (χ4v) is 4.33. The lowest BCUT2D eigenvalue weighted by molar-refractivity contribution is -0.138. The molecule has 0 atom stereocenters. The molecule has 2 amide bonds. The number of carboxylic acid groups (broad SMARTS) is 1. The molecular formula is C25H26N4O5. The van der Waals surface area contributed by atoms with Crippen molar-refractivity contribution < 1.29 is 24.2 Å². The average Bonchev–Trinajstić information content (AvgIpc) is 3.28.